The summed E-state index contributed by atoms with van der Waals surface area (Å²) in [5.41, 5.74) is 1.15. The minimum absolute atomic E-state index is 0.190. The molecule has 4 nitrogen and oxygen atoms in total. The quantitative estimate of drug-likeness (QED) is 0.653. The number of fused-ring (bicyclic) bond motifs is 2. The first-order valence-electron chi connectivity index (χ1n) is 9.35. The van der Waals surface area contributed by atoms with E-state index in [-0.39, 0.29) is 17.5 Å². The fourth-order valence-electron chi connectivity index (χ4n) is 4.60. The number of rotatable bonds is 4. The van der Waals surface area contributed by atoms with Crippen LogP contribution in [0.1, 0.15) is 26.3 Å². The van der Waals surface area contributed by atoms with Crippen LogP contribution in [0.15, 0.2) is 78.9 Å². The second kappa shape index (κ2) is 6.39. The maximum absolute atomic E-state index is 13.4. The lowest BCUT2D eigenvalue weighted by Gasteiger charge is -2.09. The minimum atomic E-state index is -1.17. The van der Waals surface area contributed by atoms with Gasteiger partial charge in [-0.25, -0.2) is 0 Å². The number of ketones is 2. The predicted molar refractivity (Wildman–Crippen MR) is 110 cm³/mol. The molecule has 5 rings (SSSR count). The Bertz CT molecular complexity index is 1160. The Hall–Kier alpha value is -3.24. The third kappa shape index (κ3) is 2.49. The second-order valence-electron chi connectivity index (χ2n) is 7.43. The number of benzene rings is 3. The Balaban J connectivity index is 1.64. The van der Waals surface area contributed by atoms with Crippen LogP contribution in [0.4, 0.5) is 5.69 Å². The van der Waals surface area contributed by atoms with Crippen LogP contribution >= 0.6 is 11.6 Å². The molecule has 0 aromatic heterocycles. The molecule has 1 heterocycles. The van der Waals surface area contributed by atoms with Crippen molar-refractivity contribution >= 4 is 34.8 Å². The second-order valence-corrected chi connectivity index (χ2v) is 7.86. The molecule has 2 aliphatic rings. The first-order valence-corrected chi connectivity index (χ1v) is 9.73. The Morgan fingerprint density at radius 2 is 1.31 bits per heavy atom. The van der Waals surface area contributed by atoms with E-state index in [1.54, 1.807) is 54.6 Å². The van der Waals surface area contributed by atoms with Crippen LogP contribution in [0.25, 0.3) is 0 Å². The first-order chi connectivity index (χ1) is 14.0. The van der Waals surface area contributed by atoms with Gasteiger partial charge in [-0.15, -0.1) is 0 Å². The standard InChI is InChI=1S/C24H16ClNO3/c25-16-12-10-15(11-13-16)22(28)20-19(21(27)14-6-2-1-3-7-14)24(20)17-8-4-5-9-18(17)26-23(24)29/h1-13,19-20H,(H,26,29). The molecule has 1 saturated carbocycles. The molecule has 1 N–H and O–H groups in total. The molecule has 5 heteroatoms. The molecule has 3 aromatic carbocycles. The van der Waals surface area contributed by atoms with Gasteiger partial charge in [-0.05, 0) is 35.9 Å². The molecule has 3 unspecified atom stereocenters. The Labute approximate surface area is 172 Å². The lowest BCUT2D eigenvalue weighted by atomic mass is 9.90. The van der Waals surface area contributed by atoms with Gasteiger partial charge in [0.1, 0.15) is 0 Å². The molecule has 0 saturated heterocycles. The number of Topliss-reactive ketones (excluding diaryl/α,β-unsaturated/α-hetero) is 2. The zero-order valence-electron chi connectivity index (χ0n) is 15.3. The fraction of sp³-hybridized carbons (Fsp3) is 0.125. The number of hydrogen-bond acceptors (Lipinski definition) is 3. The lowest BCUT2D eigenvalue weighted by molar-refractivity contribution is -0.118. The Kier molecular flexibility index (Phi) is 3.93. The third-order valence-electron chi connectivity index (χ3n) is 5.95. The van der Waals surface area contributed by atoms with Crippen LogP contribution in [-0.4, -0.2) is 17.5 Å². The van der Waals surface area contributed by atoms with Gasteiger partial charge in [-0.3, -0.25) is 14.4 Å². The van der Waals surface area contributed by atoms with Crippen LogP contribution in [0.5, 0.6) is 0 Å². The zero-order chi connectivity index (χ0) is 20.2. The SMILES string of the molecule is O=C(c1ccccc1)C1C(C(=O)c2ccc(Cl)cc2)C12C(=O)Nc1ccccc12. The van der Waals surface area contributed by atoms with E-state index in [4.69, 9.17) is 11.6 Å². The molecule has 1 amide bonds. The van der Waals surface area contributed by atoms with E-state index in [2.05, 4.69) is 5.32 Å². The number of para-hydroxylation sites is 1. The highest BCUT2D eigenvalue weighted by Gasteiger charge is 2.78. The normalized spacial score (nSPS) is 24.1. The van der Waals surface area contributed by atoms with Crippen LogP contribution in [0.3, 0.4) is 0 Å². The van der Waals surface area contributed by atoms with E-state index in [1.807, 2.05) is 24.3 Å². The molecular formula is C24H16ClNO3. The number of carbonyl (C=O) groups is 3. The average molecular weight is 402 g/mol. The van der Waals surface area contributed by atoms with Crippen molar-refractivity contribution in [2.45, 2.75) is 5.41 Å². The van der Waals surface area contributed by atoms with Crippen LogP contribution in [0, 0.1) is 11.8 Å². The first kappa shape index (κ1) is 17.8. The van der Waals surface area contributed by atoms with Gasteiger partial charge >= 0.3 is 0 Å². The smallest absolute Gasteiger partial charge is 0.236 e. The number of amides is 1. The molecular weight excluding hydrogens is 386 g/mol. The van der Waals surface area contributed by atoms with Crippen molar-refractivity contribution in [2.75, 3.05) is 5.32 Å². The molecule has 1 aliphatic carbocycles. The van der Waals surface area contributed by atoms with Gasteiger partial charge in [-0.2, -0.15) is 0 Å². The maximum atomic E-state index is 13.4. The van der Waals surface area contributed by atoms with Crippen molar-refractivity contribution in [1.29, 1.82) is 0 Å². The van der Waals surface area contributed by atoms with Gasteiger partial charge < -0.3 is 5.32 Å². The molecule has 1 fully saturated rings. The van der Waals surface area contributed by atoms with E-state index in [0.29, 0.717) is 27.4 Å². The minimum Gasteiger partial charge on any atom is -0.325 e. The zero-order valence-corrected chi connectivity index (χ0v) is 16.0. The van der Waals surface area contributed by atoms with Crippen molar-refractivity contribution in [2.24, 2.45) is 11.8 Å². The summed E-state index contributed by atoms with van der Waals surface area (Å²) in [5, 5.41) is 3.39. The van der Waals surface area contributed by atoms with Gasteiger partial charge in [0.15, 0.2) is 11.6 Å². The number of anilines is 1. The van der Waals surface area contributed by atoms with Gasteiger partial charge in [0.05, 0.1) is 17.3 Å². The number of carbonyl (C=O) groups excluding carboxylic acids is 3. The summed E-state index contributed by atoms with van der Waals surface area (Å²) < 4.78 is 0. The molecule has 3 aromatic rings. The summed E-state index contributed by atoms with van der Waals surface area (Å²) in [6, 6.07) is 22.7. The molecule has 142 valence electrons. The highest BCUT2D eigenvalue weighted by Crippen LogP contribution is 2.66. The van der Waals surface area contributed by atoms with E-state index in [1.165, 1.54) is 0 Å². The summed E-state index contributed by atoms with van der Waals surface area (Å²) >= 11 is 5.95. The van der Waals surface area contributed by atoms with Gasteiger partial charge in [0.2, 0.25) is 5.91 Å². The van der Waals surface area contributed by atoms with E-state index >= 15 is 0 Å². The molecule has 0 radical (unpaired) electrons. The van der Waals surface area contributed by atoms with Gasteiger partial charge in [0, 0.05) is 21.8 Å². The van der Waals surface area contributed by atoms with Gasteiger partial charge in [0.25, 0.3) is 0 Å². The van der Waals surface area contributed by atoms with Crippen molar-refractivity contribution in [3.63, 3.8) is 0 Å². The summed E-state index contributed by atoms with van der Waals surface area (Å²) in [6.07, 6.45) is 0. The van der Waals surface area contributed by atoms with Gasteiger partial charge in [-0.1, -0.05) is 60.1 Å². The summed E-state index contributed by atoms with van der Waals surface area (Å²) in [7, 11) is 0. The molecule has 29 heavy (non-hydrogen) atoms. The van der Waals surface area contributed by atoms with Crippen LogP contribution in [-0.2, 0) is 10.2 Å². The highest BCUT2D eigenvalue weighted by molar-refractivity contribution is 6.30. The monoisotopic (exact) mass is 401 g/mol. The van der Waals surface area contributed by atoms with Crippen molar-refractivity contribution < 1.29 is 14.4 Å². The molecule has 1 aliphatic heterocycles. The van der Waals surface area contributed by atoms with Crippen LogP contribution in [0.2, 0.25) is 5.02 Å². The summed E-state index contributed by atoms with van der Waals surface area (Å²) in [4.78, 5) is 39.9. The van der Waals surface area contributed by atoms with E-state index in [9.17, 15) is 14.4 Å². The van der Waals surface area contributed by atoms with E-state index < -0.39 is 17.3 Å². The topological polar surface area (TPSA) is 63.2 Å². The largest absolute Gasteiger partial charge is 0.325 e. The fourth-order valence-corrected chi connectivity index (χ4v) is 4.72. The molecule has 0 bridgehead atoms. The predicted octanol–water partition coefficient (Wildman–Crippen LogP) is 4.54. The molecule has 1 spiro atoms. The number of halogens is 1. The summed E-state index contributed by atoms with van der Waals surface area (Å²) in [6.45, 7) is 0. The molecule has 3 atom stereocenters. The highest BCUT2D eigenvalue weighted by atomic mass is 35.5. The lowest BCUT2D eigenvalue weighted by Crippen LogP contribution is -2.26. The summed E-state index contributed by atoms with van der Waals surface area (Å²) in [5.74, 6) is -2.19. The van der Waals surface area contributed by atoms with Crippen LogP contribution < -0.4 is 5.32 Å². The Morgan fingerprint density at radius 1 is 0.759 bits per heavy atom. The van der Waals surface area contributed by atoms with Crippen molar-refractivity contribution in [3.8, 4) is 0 Å². The third-order valence-corrected chi connectivity index (χ3v) is 6.21. The van der Waals surface area contributed by atoms with E-state index in [0.717, 1.165) is 0 Å². The Morgan fingerprint density at radius 3 is 1.97 bits per heavy atom. The number of nitrogens with one attached hydrogen (secondary N) is 1. The van der Waals surface area contributed by atoms with Crippen molar-refractivity contribution in [1.82, 2.24) is 0 Å². The number of hydrogen-bond donors (Lipinski definition) is 1. The van der Waals surface area contributed by atoms with Crippen molar-refractivity contribution in [3.05, 3.63) is 101 Å². The average Bonchev–Trinajstić information content (AvgIpc) is 3.36. The maximum Gasteiger partial charge on any atom is 0.236 e.